The molecule has 1 heterocycles. The molecular formula is C18H23NO. The molecule has 0 fully saturated rings. The Labute approximate surface area is 121 Å². The molecule has 0 saturated heterocycles. The third kappa shape index (κ3) is 2.80. The first-order valence-corrected chi connectivity index (χ1v) is 7.70. The van der Waals surface area contributed by atoms with E-state index in [9.17, 15) is 0 Å². The smallest absolute Gasteiger partial charge is 0.134 e. The van der Waals surface area contributed by atoms with Crippen LogP contribution in [-0.2, 0) is 19.3 Å². The zero-order chi connectivity index (χ0) is 13.9. The largest absolute Gasteiger partial charge is 0.461 e. The van der Waals surface area contributed by atoms with Crippen molar-refractivity contribution in [2.75, 3.05) is 6.54 Å². The zero-order valence-electron chi connectivity index (χ0n) is 12.4. The Morgan fingerprint density at radius 1 is 1.15 bits per heavy atom. The van der Waals surface area contributed by atoms with Crippen molar-refractivity contribution >= 4 is 0 Å². The van der Waals surface area contributed by atoms with Gasteiger partial charge in [-0.3, -0.25) is 0 Å². The molecule has 1 aliphatic carbocycles. The molecule has 2 heteroatoms. The zero-order valence-corrected chi connectivity index (χ0v) is 12.4. The van der Waals surface area contributed by atoms with Crippen LogP contribution in [0.3, 0.4) is 0 Å². The molecule has 1 N–H and O–H groups in total. The lowest BCUT2D eigenvalue weighted by Gasteiger charge is -2.09. The van der Waals surface area contributed by atoms with E-state index in [-0.39, 0.29) is 0 Å². The minimum absolute atomic E-state index is 0.457. The monoisotopic (exact) mass is 269 g/mol. The molecule has 3 rings (SSSR count). The maximum absolute atomic E-state index is 6.01. The van der Waals surface area contributed by atoms with Crippen LogP contribution in [0.25, 0.3) is 11.3 Å². The molecule has 1 aromatic heterocycles. The summed E-state index contributed by atoms with van der Waals surface area (Å²) in [5.41, 5.74) is 4.23. The predicted molar refractivity (Wildman–Crippen MR) is 83.0 cm³/mol. The maximum Gasteiger partial charge on any atom is 0.134 e. The lowest BCUT2D eigenvalue weighted by atomic mass is 10.1. The summed E-state index contributed by atoms with van der Waals surface area (Å²) in [6.07, 6.45) is 4.69. The fourth-order valence-electron chi connectivity index (χ4n) is 3.09. The molecule has 0 radical (unpaired) electrons. The second-order valence-electron chi connectivity index (χ2n) is 5.77. The SMILES string of the molecule is CCNC(C)Cc1ccc(-c2ccc3c(c2)CCC3)o1. The summed E-state index contributed by atoms with van der Waals surface area (Å²) in [4.78, 5) is 0. The molecule has 0 bridgehead atoms. The van der Waals surface area contributed by atoms with Crippen molar-refractivity contribution in [2.24, 2.45) is 0 Å². The van der Waals surface area contributed by atoms with E-state index in [0.717, 1.165) is 24.5 Å². The predicted octanol–water partition coefficient (Wildman–Crippen LogP) is 3.98. The fraction of sp³-hybridized carbons (Fsp3) is 0.444. The van der Waals surface area contributed by atoms with E-state index in [4.69, 9.17) is 4.42 Å². The highest BCUT2D eigenvalue weighted by molar-refractivity contribution is 5.60. The van der Waals surface area contributed by atoms with E-state index in [0.29, 0.717) is 6.04 Å². The Bertz CT molecular complexity index is 585. The number of benzene rings is 1. The van der Waals surface area contributed by atoms with E-state index in [1.807, 2.05) is 0 Å². The van der Waals surface area contributed by atoms with Gasteiger partial charge in [0.25, 0.3) is 0 Å². The number of hydrogen-bond donors (Lipinski definition) is 1. The molecule has 1 unspecified atom stereocenters. The first kappa shape index (κ1) is 13.4. The third-order valence-corrected chi connectivity index (χ3v) is 4.10. The fourth-order valence-corrected chi connectivity index (χ4v) is 3.09. The summed E-state index contributed by atoms with van der Waals surface area (Å²) >= 11 is 0. The van der Waals surface area contributed by atoms with Crippen LogP contribution in [0.5, 0.6) is 0 Å². The second-order valence-corrected chi connectivity index (χ2v) is 5.77. The van der Waals surface area contributed by atoms with Crippen molar-refractivity contribution in [1.29, 1.82) is 0 Å². The van der Waals surface area contributed by atoms with Crippen molar-refractivity contribution < 1.29 is 4.42 Å². The molecule has 1 aromatic carbocycles. The summed E-state index contributed by atoms with van der Waals surface area (Å²) in [5.74, 6) is 2.06. The van der Waals surface area contributed by atoms with Crippen molar-refractivity contribution in [3.05, 3.63) is 47.2 Å². The van der Waals surface area contributed by atoms with Gasteiger partial charge in [-0.2, -0.15) is 0 Å². The van der Waals surface area contributed by atoms with E-state index >= 15 is 0 Å². The molecule has 0 amide bonds. The molecule has 2 aromatic rings. The van der Waals surface area contributed by atoms with Crippen LogP contribution in [0.1, 0.15) is 37.2 Å². The average molecular weight is 269 g/mol. The van der Waals surface area contributed by atoms with Crippen molar-refractivity contribution in [1.82, 2.24) is 5.32 Å². The number of likely N-dealkylation sites (N-methyl/N-ethyl adjacent to an activating group) is 1. The maximum atomic E-state index is 6.01. The lowest BCUT2D eigenvalue weighted by molar-refractivity contribution is 0.470. The molecule has 0 saturated carbocycles. The van der Waals surface area contributed by atoms with Crippen LogP contribution in [-0.4, -0.2) is 12.6 Å². The van der Waals surface area contributed by atoms with Crippen molar-refractivity contribution in [3.8, 4) is 11.3 Å². The van der Waals surface area contributed by atoms with Crippen LogP contribution < -0.4 is 5.32 Å². The van der Waals surface area contributed by atoms with Crippen LogP contribution in [0.15, 0.2) is 34.7 Å². The standard InChI is InChI=1S/C18H23NO/c1-3-19-13(2)11-17-9-10-18(20-17)16-8-7-14-5-4-6-15(14)12-16/h7-10,12-13,19H,3-6,11H2,1-2H3. The number of rotatable bonds is 5. The Kier molecular flexibility index (Phi) is 3.93. The van der Waals surface area contributed by atoms with Crippen LogP contribution in [0.4, 0.5) is 0 Å². The van der Waals surface area contributed by atoms with Gasteiger partial charge in [-0.25, -0.2) is 0 Å². The average Bonchev–Trinajstić information content (AvgIpc) is 3.06. The Hall–Kier alpha value is -1.54. The topological polar surface area (TPSA) is 25.2 Å². The van der Waals surface area contributed by atoms with Gasteiger partial charge < -0.3 is 9.73 Å². The summed E-state index contributed by atoms with van der Waals surface area (Å²) in [6, 6.07) is 11.4. The highest BCUT2D eigenvalue weighted by Gasteiger charge is 2.13. The summed E-state index contributed by atoms with van der Waals surface area (Å²) < 4.78 is 6.01. The first-order valence-electron chi connectivity index (χ1n) is 7.70. The van der Waals surface area contributed by atoms with Gasteiger partial charge in [0.2, 0.25) is 0 Å². The minimum Gasteiger partial charge on any atom is -0.461 e. The van der Waals surface area contributed by atoms with Crippen LogP contribution >= 0.6 is 0 Å². The van der Waals surface area contributed by atoms with Gasteiger partial charge in [-0.15, -0.1) is 0 Å². The molecule has 0 spiro atoms. The van der Waals surface area contributed by atoms with E-state index < -0.39 is 0 Å². The van der Waals surface area contributed by atoms with Gasteiger partial charge in [-0.1, -0.05) is 19.1 Å². The molecular weight excluding hydrogens is 246 g/mol. The van der Waals surface area contributed by atoms with Gasteiger partial charge >= 0.3 is 0 Å². The number of furan rings is 1. The molecule has 2 nitrogen and oxygen atoms in total. The van der Waals surface area contributed by atoms with Crippen molar-refractivity contribution in [3.63, 3.8) is 0 Å². The molecule has 106 valence electrons. The molecule has 1 atom stereocenters. The van der Waals surface area contributed by atoms with Crippen molar-refractivity contribution in [2.45, 2.75) is 45.6 Å². The summed E-state index contributed by atoms with van der Waals surface area (Å²) in [5, 5.41) is 3.42. The van der Waals surface area contributed by atoms with E-state index in [1.54, 1.807) is 0 Å². The highest BCUT2D eigenvalue weighted by Crippen LogP contribution is 2.29. The van der Waals surface area contributed by atoms with E-state index in [1.165, 1.54) is 36.0 Å². The number of fused-ring (bicyclic) bond motifs is 1. The third-order valence-electron chi connectivity index (χ3n) is 4.10. The summed E-state index contributed by atoms with van der Waals surface area (Å²) in [7, 11) is 0. The minimum atomic E-state index is 0.457. The number of aryl methyl sites for hydroxylation is 2. The molecule has 20 heavy (non-hydrogen) atoms. The molecule has 0 aliphatic heterocycles. The van der Waals surface area contributed by atoms with Gasteiger partial charge in [0.05, 0.1) is 0 Å². The Morgan fingerprint density at radius 3 is 2.85 bits per heavy atom. The van der Waals surface area contributed by atoms with Crippen LogP contribution in [0.2, 0.25) is 0 Å². The number of hydrogen-bond acceptors (Lipinski definition) is 2. The lowest BCUT2D eigenvalue weighted by Crippen LogP contribution is -2.27. The highest BCUT2D eigenvalue weighted by atomic mass is 16.3. The normalized spacial score (nSPS) is 15.3. The quantitative estimate of drug-likeness (QED) is 0.888. The van der Waals surface area contributed by atoms with Gasteiger partial charge in [0.15, 0.2) is 0 Å². The molecule has 1 aliphatic rings. The van der Waals surface area contributed by atoms with Gasteiger partial charge in [-0.05, 0) is 62.1 Å². The Balaban J connectivity index is 1.76. The first-order chi connectivity index (χ1) is 9.76. The van der Waals surface area contributed by atoms with Crippen LogP contribution in [0, 0.1) is 0 Å². The van der Waals surface area contributed by atoms with E-state index in [2.05, 4.69) is 49.5 Å². The van der Waals surface area contributed by atoms with Gasteiger partial charge in [0, 0.05) is 18.0 Å². The Morgan fingerprint density at radius 2 is 2.00 bits per heavy atom. The van der Waals surface area contributed by atoms with Gasteiger partial charge in [0.1, 0.15) is 11.5 Å². The number of nitrogens with one attached hydrogen (secondary N) is 1. The summed E-state index contributed by atoms with van der Waals surface area (Å²) in [6.45, 7) is 5.33. The second kappa shape index (κ2) is 5.84.